The summed E-state index contributed by atoms with van der Waals surface area (Å²) in [5, 5.41) is 3.22. The molecule has 4 heteroatoms. The summed E-state index contributed by atoms with van der Waals surface area (Å²) in [6.07, 6.45) is 7.56. The third-order valence-electron chi connectivity index (χ3n) is 5.45. The Morgan fingerprint density at radius 3 is 2.55 bits per heavy atom. The molecule has 0 radical (unpaired) electrons. The van der Waals surface area contributed by atoms with Gasteiger partial charge in [0, 0.05) is 28.4 Å². The van der Waals surface area contributed by atoms with Crippen LogP contribution in [0, 0.1) is 5.92 Å². The zero-order chi connectivity index (χ0) is 15.6. The first-order valence-corrected chi connectivity index (χ1v) is 9.18. The number of halogens is 1. The highest BCUT2D eigenvalue weighted by Crippen LogP contribution is 2.43. The molecule has 3 nitrogen and oxygen atoms in total. The molecule has 0 bridgehead atoms. The summed E-state index contributed by atoms with van der Waals surface area (Å²) >= 11 is 3.49. The molecule has 22 heavy (non-hydrogen) atoms. The van der Waals surface area contributed by atoms with Crippen LogP contribution in [-0.4, -0.2) is 18.5 Å². The lowest BCUT2D eigenvalue weighted by molar-refractivity contribution is -0.126. The fraction of sp³-hybridized carbons (Fsp3) is 0.611. The first kappa shape index (κ1) is 16.0. The van der Waals surface area contributed by atoms with Crippen LogP contribution >= 0.6 is 15.9 Å². The van der Waals surface area contributed by atoms with Gasteiger partial charge in [-0.05, 0) is 49.8 Å². The predicted octanol–water partition coefficient (Wildman–Crippen LogP) is 3.50. The minimum absolute atomic E-state index is 0.116. The van der Waals surface area contributed by atoms with Gasteiger partial charge in [0.1, 0.15) is 0 Å². The second-order valence-electron chi connectivity index (χ2n) is 6.98. The lowest BCUT2D eigenvalue weighted by atomic mass is 9.64. The predicted molar refractivity (Wildman–Crippen MR) is 92.6 cm³/mol. The van der Waals surface area contributed by atoms with Gasteiger partial charge in [0.05, 0.1) is 0 Å². The quantitative estimate of drug-likeness (QED) is 0.858. The third-order valence-corrected chi connectivity index (χ3v) is 5.98. The van der Waals surface area contributed by atoms with Gasteiger partial charge < -0.3 is 11.1 Å². The van der Waals surface area contributed by atoms with E-state index in [4.69, 9.17) is 5.73 Å². The molecular weight excluding hydrogens is 340 g/mol. The van der Waals surface area contributed by atoms with Crippen molar-refractivity contribution >= 4 is 21.8 Å². The largest absolute Gasteiger partial charge is 0.355 e. The molecule has 0 heterocycles. The van der Waals surface area contributed by atoms with E-state index in [-0.39, 0.29) is 23.3 Å². The summed E-state index contributed by atoms with van der Waals surface area (Å²) in [4.78, 5) is 12.4. The van der Waals surface area contributed by atoms with Crippen molar-refractivity contribution in [3.8, 4) is 0 Å². The molecule has 2 saturated carbocycles. The minimum atomic E-state index is 0.116. The van der Waals surface area contributed by atoms with E-state index in [0.717, 1.165) is 36.7 Å². The average Bonchev–Trinajstić information content (AvgIpc) is 2.47. The third kappa shape index (κ3) is 3.38. The maximum absolute atomic E-state index is 12.4. The normalized spacial score (nSPS) is 27.0. The lowest BCUT2D eigenvalue weighted by Gasteiger charge is -2.43. The molecule has 2 fully saturated rings. The summed E-state index contributed by atoms with van der Waals surface area (Å²) in [6, 6.07) is 8.76. The second-order valence-corrected chi connectivity index (χ2v) is 7.90. The Morgan fingerprint density at radius 1 is 1.23 bits per heavy atom. The van der Waals surface area contributed by atoms with Gasteiger partial charge in [-0.25, -0.2) is 0 Å². The zero-order valence-electron chi connectivity index (χ0n) is 13.0. The van der Waals surface area contributed by atoms with Crippen molar-refractivity contribution in [2.24, 2.45) is 11.7 Å². The number of hydrogen-bond acceptors (Lipinski definition) is 2. The van der Waals surface area contributed by atoms with Gasteiger partial charge in [-0.3, -0.25) is 4.79 Å². The molecule has 2 aliphatic carbocycles. The summed E-state index contributed by atoms with van der Waals surface area (Å²) in [7, 11) is 0. The Bertz CT molecular complexity index is 524. The van der Waals surface area contributed by atoms with Crippen LogP contribution < -0.4 is 11.1 Å². The highest BCUT2D eigenvalue weighted by atomic mass is 79.9. The zero-order valence-corrected chi connectivity index (χ0v) is 14.6. The van der Waals surface area contributed by atoms with Gasteiger partial charge in [0.25, 0.3) is 0 Å². The van der Waals surface area contributed by atoms with Crippen LogP contribution in [0.4, 0.5) is 0 Å². The van der Waals surface area contributed by atoms with E-state index < -0.39 is 0 Å². The van der Waals surface area contributed by atoms with Crippen molar-refractivity contribution in [2.75, 3.05) is 6.54 Å². The smallest absolute Gasteiger partial charge is 0.223 e. The summed E-state index contributed by atoms with van der Waals surface area (Å²) in [6.45, 7) is 0.763. The van der Waals surface area contributed by atoms with Crippen LogP contribution in [0.2, 0.25) is 0 Å². The summed E-state index contributed by atoms with van der Waals surface area (Å²) < 4.78 is 1.10. The van der Waals surface area contributed by atoms with E-state index in [1.807, 2.05) is 0 Å². The van der Waals surface area contributed by atoms with E-state index in [1.165, 1.54) is 24.8 Å². The topological polar surface area (TPSA) is 55.1 Å². The maximum atomic E-state index is 12.4. The van der Waals surface area contributed by atoms with Gasteiger partial charge in [-0.1, -0.05) is 40.9 Å². The Hall–Kier alpha value is -0.870. The molecule has 1 aromatic rings. The minimum Gasteiger partial charge on any atom is -0.355 e. The molecule has 120 valence electrons. The van der Waals surface area contributed by atoms with Crippen LogP contribution in [0.5, 0.6) is 0 Å². The molecule has 0 saturated heterocycles. The van der Waals surface area contributed by atoms with Gasteiger partial charge in [0.15, 0.2) is 0 Å². The van der Waals surface area contributed by atoms with Crippen LogP contribution in [-0.2, 0) is 10.2 Å². The molecule has 0 aromatic heterocycles. The number of rotatable bonds is 4. The highest BCUT2D eigenvalue weighted by Gasteiger charge is 2.39. The first-order valence-electron chi connectivity index (χ1n) is 8.38. The van der Waals surface area contributed by atoms with Crippen molar-refractivity contribution < 1.29 is 4.79 Å². The second kappa shape index (κ2) is 6.71. The molecule has 1 aromatic carbocycles. The standard InChI is InChI=1S/C18H25BrN2O/c19-15-7-5-14(6-8-15)18(9-2-10-18)12-21-17(22)13-3-1-4-16(20)11-13/h5-8,13,16H,1-4,9-12,20H2,(H,21,22). The maximum Gasteiger partial charge on any atom is 0.223 e. The van der Waals surface area contributed by atoms with E-state index in [1.54, 1.807) is 0 Å². The number of nitrogens with two attached hydrogens (primary N) is 1. The number of hydrogen-bond donors (Lipinski definition) is 2. The molecule has 3 rings (SSSR count). The fourth-order valence-corrected chi connectivity index (χ4v) is 4.11. The fourth-order valence-electron chi connectivity index (χ4n) is 3.84. The molecule has 2 aliphatic rings. The number of carbonyl (C=O) groups excluding carboxylic acids is 1. The van der Waals surface area contributed by atoms with Crippen LogP contribution in [0.3, 0.4) is 0 Å². The number of nitrogens with one attached hydrogen (secondary N) is 1. The van der Waals surface area contributed by atoms with E-state index in [2.05, 4.69) is 45.5 Å². The molecule has 2 atom stereocenters. The molecular formula is C18H25BrN2O. The Balaban J connectivity index is 1.61. The molecule has 3 N–H and O–H groups in total. The molecule has 2 unspecified atom stereocenters. The monoisotopic (exact) mass is 364 g/mol. The van der Waals surface area contributed by atoms with Crippen LogP contribution in [0.25, 0.3) is 0 Å². The molecule has 0 spiro atoms. The average molecular weight is 365 g/mol. The van der Waals surface area contributed by atoms with Crippen molar-refractivity contribution in [3.63, 3.8) is 0 Å². The van der Waals surface area contributed by atoms with Crippen molar-refractivity contribution in [2.45, 2.75) is 56.4 Å². The Labute approximate surface area is 141 Å². The van der Waals surface area contributed by atoms with Gasteiger partial charge >= 0.3 is 0 Å². The highest BCUT2D eigenvalue weighted by molar-refractivity contribution is 9.10. The van der Waals surface area contributed by atoms with Crippen LogP contribution in [0.1, 0.15) is 50.5 Å². The van der Waals surface area contributed by atoms with Crippen molar-refractivity contribution in [1.29, 1.82) is 0 Å². The van der Waals surface area contributed by atoms with E-state index >= 15 is 0 Å². The van der Waals surface area contributed by atoms with E-state index in [0.29, 0.717) is 0 Å². The summed E-state index contributed by atoms with van der Waals surface area (Å²) in [5.41, 5.74) is 7.50. The van der Waals surface area contributed by atoms with Crippen molar-refractivity contribution in [1.82, 2.24) is 5.32 Å². The Morgan fingerprint density at radius 2 is 1.95 bits per heavy atom. The molecule has 0 aliphatic heterocycles. The van der Waals surface area contributed by atoms with E-state index in [9.17, 15) is 4.79 Å². The van der Waals surface area contributed by atoms with Crippen molar-refractivity contribution in [3.05, 3.63) is 34.3 Å². The molecule has 1 amide bonds. The Kier molecular flexibility index (Phi) is 4.88. The summed E-state index contributed by atoms with van der Waals surface area (Å²) in [5.74, 6) is 0.323. The van der Waals surface area contributed by atoms with Crippen LogP contribution in [0.15, 0.2) is 28.7 Å². The number of benzene rings is 1. The lowest BCUT2D eigenvalue weighted by Crippen LogP contribution is -2.47. The van der Waals surface area contributed by atoms with Gasteiger partial charge in [-0.15, -0.1) is 0 Å². The SMILES string of the molecule is NC1CCCC(C(=O)NCC2(c3ccc(Br)cc3)CCC2)C1. The van der Waals surface area contributed by atoms with Gasteiger partial charge in [-0.2, -0.15) is 0 Å². The number of carbonyl (C=O) groups is 1. The van der Waals surface area contributed by atoms with Gasteiger partial charge in [0.2, 0.25) is 5.91 Å². The first-order chi connectivity index (χ1) is 10.6. The number of amides is 1.